The zero-order valence-electron chi connectivity index (χ0n) is 19.7. The molecule has 180 valence electrons. The average molecular weight is 482 g/mol. The number of thiophene rings is 1. The zero-order chi connectivity index (χ0) is 24.1. The van der Waals surface area contributed by atoms with Crippen LogP contribution in [0.15, 0.2) is 36.8 Å². The van der Waals surface area contributed by atoms with Crippen molar-refractivity contribution in [3.8, 4) is 5.75 Å². The van der Waals surface area contributed by atoms with Gasteiger partial charge in [0.15, 0.2) is 0 Å². The van der Waals surface area contributed by atoms with Crippen LogP contribution in [-0.4, -0.2) is 39.9 Å². The number of methoxy groups -OCH3 is 1. The van der Waals surface area contributed by atoms with Crippen molar-refractivity contribution in [2.45, 2.75) is 52.2 Å². The molecule has 8 nitrogen and oxygen atoms in total. The number of hydrogen-bond donors (Lipinski definition) is 2. The van der Waals surface area contributed by atoms with Crippen LogP contribution in [0.1, 0.15) is 40.1 Å². The van der Waals surface area contributed by atoms with Gasteiger partial charge in [0.1, 0.15) is 5.75 Å². The molecule has 0 atom stereocenters. The average Bonchev–Trinajstić information content (AvgIpc) is 3.42. The van der Waals surface area contributed by atoms with Gasteiger partial charge < -0.3 is 25.3 Å². The summed E-state index contributed by atoms with van der Waals surface area (Å²) in [6.07, 6.45) is 5.90. The van der Waals surface area contributed by atoms with E-state index in [2.05, 4.69) is 10.3 Å². The molecule has 1 aromatic carbocycles. The molecule has 3 N–H and O–H groups in total. The molecule has 4 rings (SSSR count). The van der Waals surface area contributed by atoms with E-state index >= 15 is 0 Å². The van der Waals surface area contributed by atoms with Crippen LogP contribution >= 0.6 is 11.3 Å². The number of anilines is 1. The molecular weight excluding hydrogens is 450 g/mol. The molecule has 0 unspecified atom stereocenters. The van der Waals surface area contributed by atoms with Crippen LogP contribution < -0.4 is 15.8 Å². The maximum absolute atomic E-state index is 12.8. The summed E-state index contributed by atoms with van der Waals surface area (Å²) < 4.78 is 7.20. The van der Waals surface area contributed by atoms with Crippen molar-refractivity contribution in [2.24, 2.45) is 5.73 Å². The minimum Gasteiger partial charge on any atom is -0.497 e. The van der Waals surface area contributed by atoms with Gasteiger partial charge >= 0.3 is 0 Å². The first-order valence-electron chi connectivity index (χ1n) is 11.5. The van der Waals surface area contributed by atoms with Crippen LogP contribution in [0.3, 0.4) is 0 Å². The Bertz CT molecular complexity index is 1170. The smallest absolute Gasteiger partial charge is 0.225 e. The number of rotatable bonds is 9. The minimum atomic E-state index is -0.0420. The van der Waals surface area contributed by atoms with E-state index in [9.17, 15) is 9.59 Å². The maximum Gasteiger partial charge on any atom is 0.225 e. The van der Waals surface area contributed by atoms with Crippen molar-refractivity contribution in [3.63, 3.8) is 0 Å². The van der Waals surface area contributed by atoms with E-state index < -0.39 is 0 Å². The number of benzene rings is 1. The summed E-state index contributed by atoms with van der Waals surface area (Å²) in [5, 5.41) is 3.88. The molecule has 2 aromatic heterocycles. The number of hydrogen-bond acceptors (Lipinski definition) is 6. The van der Waals surface area contributed by atoms with Crippen molar-refractivity contribution in [2.75, 3.05) is 19.0 Å². The molecule has 1 aliphatic heterocycles. The highest BCUT2D eigenvalue weighted by molar-refractivity contribution is 7.16. The molecule has 3 aromatic rings. The number of nitrogens with zero attached hydrogens (tertiary/aromatic N) is 3. The highest BCUT2D eigenvalue weighted by atomic mass is 32.1. The molecule has 9 heteroatoms. The standard InChI is InChI=1S/C25H31N5O3S/c1-17-14-29(16-27-17)10-9-24(32)30-11-8-20-21(13-26)25(34-22(20)15-30)28-23(31)7-6-18-4-3-5-19(12-18)33-2/h3-5,12,14,16H,6-11,13,15,26H2,1-2H3,(H,28,31). The van der Waals surface area contributed by atoms with Gasteiger partial charge in [-0.05, 0) is 43.0 Å². The largest absolute Gasteiger partial charge is 0.497 e. The molecule has 0 saturated heterocycles. The maximum atomic E-state index is 12.8. The van der Waals surface area contributed by atoms with Crippen molar-refractivity contribution in [3.05, 3.63) is 64.1 Å². The predicted molar refractivity (Wildman–Crippen MR) is 133 cm³/mol. The van der Waals surface area contributed by atoms with E-state index in [-0.39, 0.29) is 11.8 Å². The van der Waals surface area contributed by atoms with Gasteiger partial charge in [-0.3, -0.25) is 9.59 Å². The molecule has 2 amide bonds. The minimum absolute atomic E-state index is 0.0420. The van der Waals surface area contributed by atoms with Crippen LogP contribution in [-0.2, 0) is 42.1 Å². The lowest BCUT2D eigenvalue weighted by molar-refractivity contribution is -0.132. The van der Waals surface area contributed by atoms with Gasteiger partial charge in [0.2, 0.25) is 11.8 Å². The number of carbonyl (C=O) groups is 2. The van der Waals surface area contributed by atoms with E-state index in [0.717, 1.165) is 38.9 Å². The number of aromatic nitrogens is 2. The van der Waals surface area contributed by atoms with E-state index in [1.54, 1.807) is 24.8 Å². The number of aryl methyl sites for hydroxylation is 3. The number of ether oxygens (including phenoxy) is 1. The first kappa shape index (κ1) is 24.0. The number of imidazole rings is 1. The van der Waals surface area contributed by atoms with E-state index in [1.165, 1.54) is 5.56 Å². The molecule has 0 bridgehead atoms. The normalized spacial score (nSPS) is 13.0. The Labute approximate surface area is 203 Å². The Morgan fingerprint density at radius 2 is 2.15 bits per heavy atom. The quantitative estimate of drug-likeness (QED) is 0.488. The van der Waals surface area contributed by atoms with Gasteiger partial charge in [-0.25, -0.2) is 4.98 Å². The van der Waals surface area contributed by atoms with Gasteiger partial charge in [0, 0.05) is 49.1 Å². The third-order valence-corrected chi connectivity index (χ3v) is 7.27. The van der Waals surface area contributed by atoms with Gasteiger partial charge in [-0.1, -0.05) is 12.1 Å². The Morgan fingerprint density at radius 3 is 2.88 bits per heavy atom. The summed E-state index contributed by atoms with van der Waals surface area (Å²) in [6, 6.07) is 7.75. The molecule has 0 spiro atoms. The first-order chi connectivity index (χ1) is 16.5. The fourth-order valence-corrected chi connectivity index (χ4v) is 5.56. The number of nitrogens with two attached hydrogens (primary N) is 1. The molecule has 0 fully saturated rings. The summed E-state index contributed by atoms with van der Waals surface area (Å²) in [7, 11) is 1.63. The Balaban J connectivity index is 1.35. The fourth-order valence-electron chi connectivity index (χ4n) is 4.25. The van der Waals surface area contributed by atoms with Gasteiger partial charge in [-0.2, -0.15) is 0 Å². The fraction of sp³-hybridized carbons (Fsp3) is 0.400. The lowest BCUT2D eigenvalue weighted by Gasteiger charge is -2.27. The number of amides is 2. The highest BCUT2D eigenvalue weighted by Gasteiger charge is 2.26. The first-order valence-corrected chi connectivity index (χ1v) is 12.3. The number of nitrogens with one attached hydrogen (secondary N) is 1. The van der Waals surface area contributed by atoms with Crippen molar-refractivity contribution < 1.29 is 14.3 Å². The van der Waals surface area contributed by atoms with Gasteiger partial charge in [0.25, 0.3) is 0 Å². The summed E-state index contributed by atoms with van der Waals surface area (Å²) in [4.78, 5) is 32.7. The Kier molecular flexibility index (Phi) is 7.64. The second-order valence-electron chi connectivity index (χ2n) is 8.48. The summed E-state index contributed by atoms with van der Waals surface area (Å²) in [6.45, 7) is 4.16. The molecule has 1 aliphatic rings. The third-order valence-electron chi connectivity index (χ3n) is 6.10. The zero-order valence-corrected chi connectivity index (χ0v) is 20.5. The van der Waals surface area contributed by atoms with Gasteiger partial charge in [-0.15, -0.1) is 11.3 Å². The van der Waals surface area contributed by atoms with Crippen LogP contribution in [0.25, 0.3) is 0 Å². The number of carbonyl (C=O) groups excluding carboxylic acids is 2. The van der Waals surface area contributed by atoms with E-state index in [4.69, 9.17) is 10.5 Å². The molecule has 0 saturated carbocycles. The van der Waals surface area contributed by atoms with Crippen LogP contribution in [0.4, 0.5) is 5.00 Å². The van der Waals surface area contributed by atoms with Gasteiger partial charge in [0.05, 0.1) is 30.7 Å². The summed E-state index contributed by atoms with van der Waals surface area (Å²) in [5.41, 5.74) is 10.2. The van der Waals surface area contributed by atoms with Crippen LogP contribution in [0.2, 0.25) is 0 Å². The van der Waals surface area contributed by atoms with E-state index in [0.29, 0.717) is 45.4 Å². The van der Waals surface area contributed by atoms with Crippen molar-refractivity contribution >= 4 is 28.2 Å². The predicted octanol–water partition coefficient (Wildman–Crippen LogP) is 3.27. The lowest BCUT2D eigenvalue weighted by Crippen LogP contribution is -2.36. The highest BCUT2D eigenvalue weighted by Crippen LogP contribution is 2.37. The lowest BCUT2D eigenvalue weighted by atomic mass is 10.0. The molecular formula is C25H31N5O3S. The molecule has 0 aliphatic carbocycles. The number of fused-ring (bicyclic) bond motifs is 1. The molecule has 34 heavy (non-hydrogen) atoms. The second-order valence-corrected chi connectivity index (χ2v) is 9.59. The summed E-state index contributed by atoms with van der Waals surface area (Å²) >= 11 is 1.54. The Hall–Kier alpha value is -3.17. The van der Waals surface area contributed by atoms with E-state index in [1.807, 2.05) is 46.9 Å². The molecule has 3 heterocycles. The van der Waals surface area contributed by atoms with Crippen molar-refractivity contribution in [1.29, 1.82) is 0 Å². The van der Waals surface area contributed by atoms with Crippen molar-refractivity contribution in [1.82, 2.24) is 14.5 Å². The SMILES string of the molecule is COc1cccc(CCC(=O)Nc2sc3c(c2CN)CCN(C(=O)CCn2cnc(C)c2)C3)c1. The monoisotopic (exact) mass is 481 g/mol. The topological polar surface area (TPSA) is 102 Å². The second kappa shape index (κ2) is 10.8. The van der Waals surface area contributed by atoms with Crippen LogP contribution in [0.5, 0.6) is 5.75 Å². The third kappa shape index (κ3) is 5.66. The molecule has 0 radical (unpaired) electrons. The summed E-state index contributed by atoms with van der Waals surface area (Å²) in [5.74, 6) is 0.872. The van der Waals surface area contributed by atoms with Crippen LogP contribution in [0, 0.1) is 6.92 Å². The Morgan fingerprint density at radius 1 is 1.29 bits per heavy atom.